The van der Waals surface area contributed by atoms with Gasteiger partial charge in [0.05, 0.1) is 19.7 Å². The smallest absolute Gasteiger partial charge is 0.318 e. The maximum Gasteiger partial charge on any atom is 0.318 e. The number of fused-ring (bicyclic) bond motifs is 2. The van der Waals surface area contributed by atoms with E-state index < -0.39 is 11.3 Å². The van der Waals surface area contributed by atoms with Gasteiger partial charge >= 0.3 is 5.97 Å². The summed E-state index contributed by atoms with van der Waals surface area (Å²) in [4.78, 5) is 41.3. The number of hydrogen-bond acceptors (Lipinski definition) is 4. The zero-order chi connectivity index (χ0) is 24.1. The Kier molecular flexibility index (Phi) is 7.02. The molecule has 2 aliphatic rings. The maximum atomic E-state index is 13.8. The fraction of sp³-hybridized carbons (Fsp3) is 0.393. The van der Waals surface area contributed by atoms with Crippen molar-refractivity contribution in [3.05, 3.63) is 59.8 Å². The van der Waals surface area contributed by atoms with E-state index in [1.165, 1.54) is 0 Å². The van der Waals surface area contributed by atoms with Gasteiger partial charge in [0.25, 0.3) is 0 Å². The molecule has 176 valence electrons. The fourth-order valence-corrected chi connectivity index (χ4v) is 5.32. The second kappa shape index (κ2) is 10.1. The summed E-state index contributed by atoms with van der Waals surface area (Å²) < 4.78 is 5.52. The molecule has 0 saturated carbocycles. The van der Waals surface area contributed by atoms with Gasteiger partial charge in [-0.3, -0.25) is 14.4 Å². The number of allylic oxidation sites excluding steroid dienone is 1. The number of piperidine rings is 1. The Morgan fingerprint density at radius 3 is 2.82 bits per heavy atom. The number of likely N-dealkylation sites (tertiary alicyclic amines) is 1. The summed E-state index contributed by atoms with van der Waals surface area (Å²) in [6, 6.07) is 14.1. The second-order valence-electron chi connectivity index (χ2n) is 8.93. The first-order valence-corrected chi connectivity index (χ1v) is 11.9. The highest BCUT2D eigenvalue weighted by atomic mass is 16.5. The van der Waals surface area contributed by atoms with E-state index in [-0.39, 0.29) is 43.8 Å². The zero-order valence-electron chi connectivity index (χ0n) is 19.5. The number of benzene rings is 2. The van der Waals surface area contributed by atoms with Gasteiger partial charge < -0.3 is 15.0 Å². The lowest BCUT2D eigenvalue weighted by Crippen LogP contribution is -2.54. The normalized spacial score (nSPS) is 21.9. The fourth-order valence-electron chi connectivity index (χ4n) is 5.32. The summed E-state index contributed by atoms with van der Waals surface area (Å²) in [6.45, 7) is 2.48. The molecule has 2 atom stereocenters. The van der Waals surface area contributed by atoms with Crippen molar-refractivity contribution in [3.63, 3.8) is 0 Å². The molecular weight excluding hydrogens is 428 g/mol. The van der Waals surface area contributed by atoms with Gasteiger partial charge in [0.2, 0.25) is 11.8 Å². The van der Waals surface area contributed by atoms with E-state index in [9.17, 15) is 14.4 Å². The van der Waals surface area contributed by atoms with E-state index in [1.807, 2.05) is 48.5 Å². The van der Waals surface area contributed by atoms with Gasteiger partial charge in [-0.15, -0.1) is 6.42 Å². The first-order valence-electron chi connectivity index (χ1n) is 11.9. The van der Waals surface area contributed by atoms with Crippen LogP contribution in [0, 0.1) is 23.7 Å². The van der Waals surface area contributed by atoms with Gasteiger partial charge in [0.15, 0.2) is 0 Å². The van der Waals surface area contributed by atoms with Crippen molar-refractivity contribution in [3.8, 4) is 12.3 Å². The van der Waals surface area contributed by atoms with Gasteiger partial charge in [0.1, 0.15) is 5.41 Å². The van der Waals surface area contributed by atoms with E-state index in [4.69, 9.17) is 11.2 Å². The van der Waals surface area contributed by atoms with Crippen LogP contribution in [-0.2, 0) is 25.7 Å². The van der Waals surface area contributed by atoms with Crippen LogP contribution >= 0.6 is 0 Å². The van der Waals surface area contributed by atoms with E-state index in [1.54, 1.807) is 11.8 Å². The van der Waals surface area contributed by atoms with Crippen LogP contribution in [0.1, 0.15) is 44.6 Å². The van der Waals surface area contributed by atoms with E-state index >= 15 is 0 Å². The minimum absolute atomic E-state index is 0.0129. The van der Waals surface area contributed by atoms with Crippen molar-refractivity contribution in [1.29, 1.82) is 0 Å². The topological polar surface area (TPSA) is 75.7 Å². The molecule has 2 aromatic rings. The van der Waals surface area contributed by atoms with Crippen LogP contribution in [0.2, 0.25) is 0 Å². The molecule has 0 aromatic heterocycles. The Morgan fingerprint density at radius 1 is 1.24 bits per heavy atom. The molecule has 0 bridgehead atoms. The summed E-state index contributed by atoms with van der Waals surface area (Å²) in [5.74, 6) is 1.01. The van der Waals surface area contributed by atoms with Crippen molar-refractivity contribution in [1.82, 2.24) is 10.2 Å². The highest BCUT2D eigenvalue weighted by molar-refractivity contribution is 5.93. The highest BCUT2D eigenvalue weighted by Crippen LogP contribution is 2.50. The number of ether oxygens (including phenoxy) is 1. The van der Waals surface area contributed by atoms with Crippen molar-refractivity contribution in [2.75, 3.05) is 13.2 Å². The third-order valence-corrected chi connectivity index (χ3v) is 6.83. The first-order chi connectivity index (χ1) is 16.5. The standard InChI is InChI=1S/C28H30N2O4/c1-3-16-29-25(31)17-22-18-28(27(33)34-4-2)15-8-7-14-24(28)30(26(22)32)19-21-12-9-11-20-10-5-6-13-23(20)21/h1,5-6,9-14,22H,4,7-8,15-19H2,2H3,(H,29,31)/t22-,28+/m1/s1. The monoisotopic (exact) mass is 458 g/mol. The SMILES string of the molecule is C#CCNC(=O)C[C@@H]1C[C@@]2(C(=O)OCC)CCCC=C2N(Cc2cccc3ccccc23)C1=O. The van der Waals surface area contributed by atoms with Crippen LogP contribution < -0.4 is 5.32 Å². The Labute approximate surface area is 200 Å². The second-order valence-corrected chi connectivity index (χ2v) is 8.93. The summed E-state index contributed by atoms with van der Waals surface area (Å²) in [5.41, 5.74) is 0.785. The van der Waals surface area contributed by atoms with E-state index in [0.29, 0.717) is 13.0 Å². The summed E-state index contributed by atoms with van der Waals surface area (Å²) in [7, 11) is 0. The molecule has 4 rings (SSSR count). The lowest BCUT2D eigenvalue weighted by molar-refractivity contribution is -0.162. The largest absolute Gasteiger partial charge is 0.465 e. The molecule has 1 saturated heterocycles. The molecule has 1 aliphatic carbocycles. The number of nitrogens with zero attached hydrogens (tertiary/aromatic N) is 1. The number of esters is 1. The molecule has 2 amide bonds. The molecule has 34 heavy (non-hydrogen) atoms. The third-order valence-electron chi connectivity index (χ3n) is 6.83. The maximum absolute atomic E-state index is 13.8. The van der Waals surface area contributed by atoms with Gasteiger partial charge in [-0.25, -0.2) is 0 Å². The van der Waals surface area contributed by atoms with Gasteiger partial charge in [-0.1, -0.05) is 54.5 Å². The minimum Gasteiger partial charge on any atom is -0.465 e. The molecular formula is C28H30N2O4. The average Bonchev–Trinajstić information content (AvgIpc) is 2.85. The Morgan fingerprint density at radius 2 is 2.03 bits per heavy atom. The molecule has 0 unspecified atom stereocenters. The van der Waals surface area contributed by atoms with Crippen molar-refractivity contribution >= 4 is 28.6 Å². The number of terminal acetylenes is 1. The predicted molar refractivity (Wildman–Crippen MR) is 130 cm³/mol. The molecule has 0 spiro atoms. The van der Waals surface area contributed by atoms with Crippen molar-refractivity contribution in [2.45, 2.75) is 45.6 Å². The van der Waals surface area contributed by atoms with Gasteiger partial charge in [-0.05, 0) is 48.9 Å². The Balaban J connectivity index is 1.75. The highest BCUT2D eigenvalue weighted by Gasteiger charge is 2.54. The Bertz CT molecular complexity index is 1170. The van der Waals surface area contributed by atoms with E-state index in [0.717, 1.165) is 34.9 Å². The summed E-state index contributed by atoms with van der Waals surface area (Å²) >= 11 is 0. The van der Waals surface area contributed by atoms with Crippen LogP contribution in [0.25, 0.3) is 10.8 Å². The van der Waals surface area contributed by atoms with Crippen LogP contribution in [0.15, 0.2) is 54.2 Å². The summed E-state index contributed by atoms with van der Waals surface area (Å²) in [5, 5.41) is 4.80. The molecule has 1 N–H and O–H groups in total. The molecule has 2 aromatic carbocycles. The molecule has 0 radical (unpaired) electrons. The number of carbonyl (C=O) groups is 3. The first kappa shape index (κ1) is 23.6. The van der Waals surface area contributed by atoms with Crippen LogP contribution in [-0.4, -0.2) is 35.8 Å². The molecule has 6 heteroatoms. The average molecular weight is 459 g/mol. The lowest BCUT2D eigenvalue weighted by atomic mass is 9.66. The minimum atomic E-state index is -0.927. The van der Waals surface area contributed by atoms with Crippen LogP contribution in [0.4, 0.5) is 0 Å². The number of nitrogens with one attached hydrogen (secondary N) is 1. The van der Waals surface area contributed by atoms with Gasteiger partial charge in [0, 0.05) is 18.0 Å². The van der Waals surface area contributed by atoms with Crippen molar-refractivity contribution < 1.29 is 19.1 Å². The van der Waals surface area contributed by atoms with Gasteiger partial charge in [-0.2, -0.15) is 0 Å². The Hall–Kier alpha value is -3.59. The van der Waals surface area contributed by atoms with Crippen LogP contribution in [0.3, 0.4) is 0 Å². The molecule has 6 nitrogen and oxygen atoms in total. The van der Waals surface area contributed by atoms with E-state index in [2.05, 4.69) is 11.2 Å². The lowest BCUT2D eigenvalue weighted by Gasteiger charge is -2.48. The summed E-state index contributed by atoms with van der Waals surface area (Å²) in [6.07, 6.45) is 9.75. The third kappa shape index (κ3) is 4.43. The molecule has 1 fully saturated rings. The molecule has 1 aliphatic heterocycles. The van der Waals surface area contributed by atoms with Crippen LogP contribution in [0.5, 0.6) is 0 Å². The number of carbonyl (C=O) groups excluding carboxylic acids is 3. The quantitative estimate of drug-likeness (QED) is 0.504. The molecule has 1 heterocycles. The predicted octanol–water partition coefficient (Wildman–Crippen LogP) is 3.95. The number of amides is 2. The number of rotatable bonds is 7. The number of hydrogen-bond donors (Lipinski definition) is 1. The zero-order valence-corrected chi connectivity index (χ0v) is 19.5. The van der Waals surface area contributed by atoms with Crippen molar-refractivity contribution in [2.24, 2.45) is 11.3 Å².